The second-order valence-electron chi connectivity index (χ2n) is 6.92. The summed E-state index contributed by atoms with van der Waals surface area (Å²) in [6.45, 7) is 5.81. The molecule has 3 heterocycles. The Morgan fingerprint density at radius 3 is 2.70 bits per heavy atom. The van der Waals surface area contributed by atoms with Gasteiger partial charge in [-0.25, -0.2) is 9.78 Å². The average molecular weight is 444 g/mol. The molecule has 0 bridgehead atoms. The van der Waals surface area contributed by atoms with Crippen LogP contribution in [-0.2, 0) is 0 Å². The lowest BCUT2D eigenvalue weighted by molar-refractivity contribution is 0.102. The van der Waals surface area contributed by atoms with Crippen molar-refractivity contribution in [2.45, 2.75) is 13.8 Å². The highest BCUT2D eigenvalue weighted by Crippen LogP contribution is 2.35. The van der Waals surface area contributed by atoms with Gasteiger partial charge in [0, 0.05) is 37.4 Å². The molecular weight excluding hydrogens is 425 g/mol. The Hall–Kier alpha value is -2.90. The number of pyridine rings is 2. The zero-order valence-corrected chi connectivity index (χ0v) is 18.0. The predicted molar refractivity (Wildman–Crippen MR) is 119 cm³/mol. The predicted octanol–water partition coefficient (Wildman–Crippen LogP) is 4.76. The fourth-order valence-electron chi connectivity index (χ4n) is 3.65. The van der Waals surface area contributed by atoms with Crippen LogP contribution in [0.25, 0.3) is 10.9 Å². The maximum Gasteiger partial charge on any atom is 0.324 e. The summed E-state index contributed by atoms with van der Waals surface area (Å²) < 4.78 is 0. The molecule has 0 atom stereocenters. The van der Waals surface area contributed by atoms with Crippen molar-refractivity contribution in [1.29, 1.82) is 0 Å². The Morgan fingerprint density at radius 1 is 1.20 bits per heavy atom. The molecule has 3 aromatic rings. The highest BCUT2D eigenvalue weighted by atomic mass is 35.5. The van der Waals surface area contributed by atoms with E-state index in [0.717, 1.165) is 16.6 Å². The van der Waals surface area contributed by atoms with E-state index in [1.807, 2.05) is 26.0 Å². The van der Waals surface area contributed by atoms with Crippen LogP contribution in [0.5, 0.6) is 0 Å². The third-order valence-corrected chi connectivity index (χ3v) is 5.73. The molecule has 0 unspecified atom stereocenters. The van der Waals surface area contributed by atoms with E-state index in [2.05, 4.69) is 15.3 Å². The van der Waals surface area contributed by atoms with Gasteiger partial charge in [-0.1, -0.05) is 35.3 Å². The van der Waals surface area contributed by atoms with Gasteiger partial charge in [0.1, 0.15) is 5.15 Å². The zero-order valence-electron chi connectivity index (χ0n) is 16.4. The number of nitrogens with one attached hydrogen (secondary N) is 1. The molecule has 30 heavy (non-hydrogen) atoms. The molecule has 0 radical (unpaired) electrons. The molecule has 3 amide bonds. The number of nitrogens with zero attached hydrogens (tertiary/aromatic N) is 4. The van der Waals surface area contributed by atoms with E-state index in [4.69, 9.17) is 23.2 Å². The molecule has 1 aliphatic rings. The topological polar surface area (TPSA) is 78.4 Å². The number of urea groups is 1. The number of amides is 3. The molecule has 154 valence electrons. The van der Waals surface area contributed by atoms with E-state index in [1.165, 1.54) is 12.3 Å². The number of rotatable bonds is 4. The average Bonchev–Trinajstić information content (AvgIpc) is 3.08. The number of hydrogen-bond acceptors (Lipinski definition) is 4. The molecule has 1 N–H and O–H groups in total. The Bertz CT molecular complexity index is 1150. The standard InChI is InChI=1S/C21H19Cl2N5O2/c1-3-27-9-10-28(21(27)30)18-12(2)11-25-17-13(18)5-4-6-15(17)26-20(29)16-14(22)7-8-24-19(16)23/h4-8,11H,3,9-10H2,1-2H3,(H,26,29). The van der Waals surface area contributed by atoms with Crippen LogP contribution in [0.2, 0.25) is 10.2 Å². The molecule has 2 aromatic heterocycles. The minimum Gasteiger partial charge on any atom is -0.323 e. The number of carbonyl (C=O) groups excluding carboxylic acids is 2. The van der Waals surface area contributed by atoms with Crippen molar-refractivity contribution in [3.05, 3.63) is 58.0 Å². The van der Waals surface area contributed by atoms with Crippen LogP contribution >= 0.6 is 23.2 Å². The highest BCUT2D eigenvalue weighted by Gasteiger charge is 2.31. The normalized spacial score (nSPS) is 13.9. The first kappa shape index (κ1) is 20.4. The first-order valence-corrected chi connectivity index (χ1v) is 10.2. The van der Waals surface area contributed by atoms with Gasteiger partial charge in [-0.15, -0.1) is 0 Å². The number of anilines is 2. The van der Waals surface area contributed by atoms with Crippen molar-refractivity contribution >= 4 is 57.4 Å². The van der Waals surface area contributed by atoms with E-state index in [-0.39, 0.29) is 21.8 Å². The summed E-state index contributed by atoms with van der Waals surface area (Å²) in [7, 11) is 0. The Kier molecular flexibility index (Phi) is 5.49. The van der Waals surface area contributed by atoms with Crippen molar-refractivity contribution in [3.8, 4) is 0 Å². The summed E-state index contributed by atoms with van der Waals surface area (Å²) in [4.78, 5) is 37.6. The minimum atomic E-state index is -0.482. The number of likely N-dealkylation sites (N-methyl/N-ethyl adjacent to an activating group) is 1. The van der Waals surface area contributed by atoms with Crippen LogP contribution in [0.15, 0.2) is 36.7 Å². The minimum absolute atomic E-state index is 0.0204. The third-order valence-electron chi connectivity index (χ3n) is 5.13. The van der Waals surface area contributed by atoms with Crippen LogP contribution in [0, 0.1) is 6.92 Å². The lowest BCUT2D eigenvalue weighted by Crippen LogP contribution is -2.32. The molecule has 1 fully saturated rings. The fourth-order valence-corrected chi connectivity index (χ4v) is 4.18. The lowest BCUT2D eigenvalue weighted by atomic mass is 10.1. The van der Waals surface area contributed by atoms with Gasteiger partial charge in [-0.3, -0.25) is 14.7 Å². The molecule has 0 spiro atoms. The third kappa shape index (κ3) is 3.44. The van der Waals surface area contributed by atoms with E-state index < -0.39 is 5.91 Å². The quantitative estimate of drug-likeness (QED) is 0.589. The molecule has 9 heteroatoms. The lowest BCUT2D eigenvalue weighted by Gasteiger charge is -2.22. The van der Waals surface area contributed by atoms with E-state index in [9.17, 15) is 9.59 Å². The molecular formula is C21H19Cl2N5O2. The summed E-state index contributed by atoms with van der Waals surface area (Å²) >= 11 is 12.2. The van der Waals surface area contributed by atoms with Crippen molar-refractivity contribution < 1.29 is 9.59 Å². The SMILES string of the molecule is CCN1CCN(c2c(C)cnc3c(NC(=O)c4c(Cl)ccnc4Cl)cccc23)C1=O. The summed E-state index contributed by atoms with van der Waals surface area (Å²) in [5, 5.41) is 3.84. The van der Waals surface area contributed by atoms with Crippen LogP contribution in [-0.4, -0.2) is 46.4 Å². The van der Waals surface area contributed by atoms with Gasteiger partial charge in [0.25, 0.3) is 5.91 Å². The van der Waals surface area contributed by atoms with Crippen LogP contribution in [0.4, 0.5) is 16.2 Å². The van der Waals surface area contributed by atoms with Gasteiger partial charge in [-0.2, -0.15) is 0 Å². The van der Waals surface area contributed by atoms with Gasteiger partial charge >= 0.3 is 6.03 Å². The second-order valence-corrected chi connectivity index (χ2v) is 7.68. The monoisotopic (exact) mass is 443 g/mol. The first-order valence-electron chi connectivity index (χ1n) is 9.48. The maximum atomic E-state index is 12.8. The van der Waals surface area contributed by atoms with Crippen molar-refractivity contribution in [1.82, 2.24) is 14.9 Å². The van der Waals surface area contributed by atoms with E-state index in [0.29, 0.717) is 30.8 Å². The van der Waals surface area contributed by atoms with Crippen LogP contribution in [0.1, 0.15) is 22.8 Å². The van der Waals surface area contributed by atoms with Gasteiger partial charge < -0.3 is 10.2 Å². The Morgan fingerprint density at radius 2 is 2.00 bits per heavy atom. The van der Waals surface area contributed by atoms with Gasteiger partial charge in [0.2, 0.25) is 0 Å². The largest absolute Gasteiger partial charge is 0.324 e. The summed E-state index contributed by atoms with van der Waals surface area (Å²) in [6, 6.07) is 6.93. The number of benzene rings is 1. The van der Waals surface area contributed by atoms with Crippen LogP contribution < -0.4 is 10.2 Å². The molecule has 0 saturated carbocycles. The number of fused-ring (bicyclic) bond motifs is 1. The Labute approximate surface area is 183 Å². The summed E-state index contributed by atoms with van der Waals surface area (Å²) in [6.07, 6.45) is 3.14. The number of hydrogen-bond donors (Lipinski definition) is 1. The highest BCUT2D eigenvalue weighted by molar-refractivity contribution is 6.39. The maximum absolute atomic E-state index is 12.8. The Balaban J connectivity index is 1.77. The second kappa shape index (κ2) is 8.08. The zero-order chi connectivity index (χ0) is 21.4. The number of carbonyl (C=O) groups is 2. The number of halogens is 2. The van der Waals surface area contributed by atoms with Crippen LogP contribution in [0.3, 0.4) is 0 Å². The van der Waals surface area contributed by atoms with Crippen molar-refractivity contribution in [3.63, 3.8) is 0 Å². The first-order chi connectivity index (χ1) is 14.4. The van der Waals surface area contributed by atoms with Gasteiger partial charge in [0.15, 0.2) is 0 Å². The molecule has 1 aliphatic heterocycles. The fraction of sp³-hybridized carbons (Fsp3) is 0.238. The van der Waals surface area contributed by atoms with Crippen molar-refractivity contribution in [2.75, 3.05) is 29.9 Å². The van der Waals surface area contributed by atoms with Gasteiger partial charge in [-0.05, 0) is 31.5 Å². The molecule has 0 aliphatic carbocycles. The molecule has 1 aromatic carbocycles. The van der Waals surface area contributed by atoms with E-state index >= 15 is 0 Å². The molecule has 1 saturated heterocycles. The number of para-hydroxylation sites is 1. The summed E-state index contributed by atoms with van der Waals surface area (Å²) in [5.41, 5.74) is 2.85. The molecule has 7 nitrogen and oxygen atoms in total. The van der Waals surface area contributed by atoms with Crippen molar-refractivity contribution in [2.24, 2.45) is 0 Å². The number of aryl methyl sites for hydroxylation is 1. The summed E-state index contributed by atoms with van der Waals surface area (Å²) in [5.74, 6) is -0.482. The number of aromatic nitrogens is 2. The smallest absolute Gasteiger partial charge is 0.323 e. The van der Waals surface area contributed by atoms with Gasteiger partial charge in [0.05, 0.1) is 27.5 Å². The van der Waals surface area contributed by atoms with E-state index in [1.54, 1.807) is 22.1 Å². The molecule has 4 rings (SSSR count).